The molecule has 12 rings (SSSR count). The zero-order chi connectivity index (χ0) is 73.2. The first kappa shape index (κ1) is 77.7. The Bertz CT molecular complexity index is 4330. The minimum absolute atomic E-state index is 0.0618. The van der Waals surface area contributed by atoms with Gasteiger partial charge in [-0.25, -0.2) is 39.5 Å². The second-order valence-electron chi connectivity index (χ2n) is 26.0. The molecular weight excluding hydrogens is 1430 g/mol. The molecule has 0 radical (unpaired) electrons. The molecule has 3 saturated heterocycles. The van der Waals surface area contributed by atoms with Crippen LogP contribution in [0.15, 0.2) is 244 Å². The largest absolute Gasteiger partial charge is 0.444 e. The van der Waals surface area contributed by atoms with Crippen LogP contribution in [0.5, 0.6) is 0 Å². The molecule has 9 heterocycles. The number of fused-ring (bicyclic) bond motifs is 3. The van der Waals surface area contributed by atoms with E-state index in [4.69, 9.17) is 30.7 Å². The Labute approximate surface area is 611 Å². The van der Waals surface area contributed by atoms with Gasteiger partial charge in [0, 0.05) is 126 Å². The van der Waals surface area contributed by atoms with Crippen LogP contribution in [0.25, 0.3) is 16.9 Å². The Morgan fingerprint density at radius 3 is 1.20 bits per heavy atom. The maximum absolute atomic E-state index is 12.2. The Morgan fingerprint density at radius 1 is 0.510 bits per heavy atom. The van der Waals surface area contributed by atoms with E-state index in [1.54, 1.807) is 35.9 Å². The van der Waals surface area contributed by atoms with Gasteiger partial charge in [-0.3, -0.25) is 13.2 Å². The normalized spacial score (nSPS) is 15.9. The second kappa shape index (κ2) is 37.0. The first-order valence-electron chi connectivity index (χ1n) is 32.2. The van der Waals surface area contributed by atoms with Crippen LogP contribution in [-0.2, 0) is 9.47 Å². The molecule has 3 fully saturated rings. The highest BCUT2D eigenvalue weighted by Gasteiger charge is 2.36. The predicted molar refractivity (Wildman–Crippen MR) is 392 cm³/mol. The maximum Gasteiger partial charge on any atom is 0.408 e. The molecule has 3 aromatic carbocycles. The van der Waals surface area contributed by atoms with Gasteiger partial charge >= 0.3 is 12.2 Å². The van der Waals surface area contributed by atoms with E-state index in [2.05, 4.69) is 201 Å². The molecule has 38 heteroatoms. The highest BCUT2D eigenvalue weighted by molar-refractivity contribution is 9.10. The molecule has 2 amide bonds. The van der Waals surface area contributed by atoms with Gasteiger partial charge in [0.15, 0.2) is 16.9 Å². The molecule has 0 unspecified atom stereocenters. The van der Waals surface area contributed by atoms with Gasteiger partial charge < -0.3 is 46.4 Å². The Kier molecular flexibility index (Phi) is 28.2. The third-order valence-corrected chi connectivity index (χ3v) is 18.3. The van der Waals surface area contributed by atoms with Crippen LogP contribution in [0.3, 0.4) is 0 Å². The topological polar surface area (TPSA) is 414 Å². The number of imidazole rings is 3. The van der Waals surface area contributed by atoms with Gasteiger partial charge in [0.05, 0.1) is 14.3 Å². The van der Waals surface area contributed by atoms with Crippen molar-refractivity contribution in [3.63, 3.8) is 0 Å². The Hall–Kier alpha value is -10.1. The summed E-state index contributed by atoms with van der Waals surface area (Å²) < 4.78 is 17.8. The van der Waals surface area contributed by atoms with Crippen LogP contribution in [-0.4, -0.2) is 122 Å². The smallest absolute Gasteiger partial charge is 0.408 e. The standard InChI is InChI=1S/C23H29N5O2S.C18H21N5S.C17H24BrN5O2.C6H6S.H3N15/c1-22(2,3)30-21(29)26-23(4)10-13-27(14-11-23)20-25-16-18(19-24-12-15-28(19)20)31-17-8-6-5-7-9-17;1-18(19)7-10-22(11-8-18)17-21-13-15(16-20-9-12-23(16)17)24-14-5-3-2-4-6-14;1-16(2,3)25-15(24)21-17(4)5-8-22(9-6-17)14-20-11-12(18)13-19-7-10-23(13)14;7-6-4-2-1-3-5-6;1-3-5-7-9-11-13-15-14-12-10-8-6-4-2/h5-9,12,15-16H,10-11,13-14H2,1-4H3,(H,26,29);2-6,9,12-13H,7-8,10-11,19H2,1H3;7,10-11H,5-6,8-9H2,1-4H3,(H,21,24);1-5,7H;(H3,1,2,5,6,9,10,13,14). The van der Waals surface area contributed by atoms with Crippen LogP contribution in [0.2, 0.25) is 0 Å². The highest BCUT2D eigenvalue weighted by Crippen LogP contribution is 2.35. The van der Waals surface area contributed by atoms with E-state index in [0.29, 0.717) is 0 Å². The lowest BCUT2D eigenvalue weighted by Gasteiger charge is -2.40. The average molecular weight is 1510 g/mol. The van der Waals surface area contributed by atoms with E-state index in [1.807, 2.05) is 156 Å². The molecule has 9 aromatic rings. The van der Waals surface area contributed by atoms with Crippen molar-refractivity contribution in [1.82, 2.24) is 53.7 Å². The van der Waals surface area contributed by atoms with Gasteiger partial charge in [-0.2, -0.15) is 5.53 Å². The maximum atomic E-state index is 12.2. The van der Waals surface area contributed by atoms with Crippen molar-refractivity contribution in [3.8, 4) is 0 Å². The lowest BCUT2D eigenvalue weighted by Crippen LogP contribution is -2.54. The quantitative estimate of drug-likeness (QED) is 0.0240. The summed E-state index contributed by atoms with van der Waals surface area (Å²) in [6.07, 6.45) is 21.4. The van der Waals surface area contributed by atoms with Gasteiger partial charge in [-0.1, -0.05) is 83.3 Å². The zero-order valence-electron chi connectivity index (χ0n) is 58.0. The van der Waals surface area contributed by atoms with Crippen molar-refractivity contribution in [3.05, 3.63) is 151 Å². The number of amides is 2. The SMILES string of the molecule is CC1(N)CCN(c2ncc(Sc3ccccc3)c3nccn23)CC1.CC1(NC(=O)OC(C)(C)C)CCN(c2ncc(Br)c3nccn23)CC1.CC1(NC(=O)OC(C)(C)C)CCN(c2ncc(Sc3ccccc3)c3nccn23)CC1.N=N/N=N/N=N/N=N/N=N/N=N/N=N/N.Sc1ccccc1. The number of aromatic nitrogens is 9. The predicted octanol–water partition coefficient (Wildman–Crippen LogP) is 15.4. The molecule has 3 aliphatic heterocycles. The number of nitrogens with one attached hydrogen (secondary N) is 3. The fraction of sp³-hybridized carbons (Fsp3) is 0.406. The summed E-state index contributed by atoms with van der Waals surface area (Å²) >= 11 is 10.9. The van der Waals surface area contributed by atoms with Gasteiger partial charge in [0.2, 0.25) is 17.8 Å². The molecule has 0 spiro atoms. The van der Waals surface area contributed by atoms with E-state index >= 15 is 0 Å². The van der Waals surface area contributed by atoms with Crippen LogP contribution < -0.4 is 36.9 Å². The fourth-order valence-electron chi connectivity index (χ4n) is 10.3. The van der Waals surface area contributed by atoms with Gasteiger partial charge in [0.1, 0.15) is 11.2 Å². The number of hydrogen-bond donors (Lipinski definition) is 6. The fourth-order valence-corrected chi connectivity index (χ4v) is 12.7. The van der Waals surface area contributed by atoms with Crippen LogP contribution in [0, 0.1) is 5.53 Å². The molecule has 6 aromatic heterocycles. The summed E-state index contributed by atoms with van der Waals surface area (Å²) in [6.45, 7) is 22.5. The minimum Gasteiger partial charge on any atom is -0.444 e. The lowest BCUT2D eigenvalue weighted by molar-refractivity contribution is 0.0435. The van der Waals surface area contributed by atoms with Crippen LogP contribution in [0.1, 0.15) is 101 Å². The summed E-state index contributed by atoms with van der Waals surface area (Å²) in [5.41, 5.74) is 13.5. The second-order valence-corrected chi connectivity index (χ2v) is 29.6. The molecular formula is C64H83BrN30O4S3. The summed E-state index contributed by atoms with van der Waals surface area (Å²) in [6, 6.07) is 30.4. The molecule has 0 aliphatic carbocycles. The number of carbonyl (C=O) groups is 2. The summed E-state index contributed by atoms with van der Waals surface area (Å²) in [4.78, 5) is 64.1. The minimum atomic E-state index is -0.502. The molecule has 102 heavy (non-hydrogen) atoms. The van der Waals surface area contributed by atoms with Crippen molar-refractivity contribution < 1.29 is 19.1 Å². The van der Waals surface area contributed by atoms with E-state index in [1.165, 1.54) is 4.90 Å². The molecule has 7 N–H and O–H groups in total. The van der Waals surface area contributed by atoms with Crippen LogP contribution >= 0.6 is 52.1 Å². The average Bonchev–Trinajstić information content (AvgIpc) is 1.51. The molecule has 538 valence electrons. The lowest BCUT2D eigenvalue weighted by atomic mass is 9.90. The number of thiol groups is 1. The number of halogens is 1. The molecule has 0 saturated carbocycles. The highest BCUT2D eigenvalue weighted by atomic mass is 79.9. The number of carbonyl (C=O) groups excluding carboxylic acids is 2. The van der Waals surface area contributed by atoms with Crippen molar-refractivity contribution in [2.75, 3.05) is 54.0 Å². The molecule has 3 aliphatic rings. The monoisotopic (exact) mass is 1510 g/mol. The van der Waals surface area contributed by atoms with Crippen molar-refractivity contribution >= 4 is 99.1 Å². The molecule has 0 atom stereocenters. The number of piperidine rings is 3. The zero-order valence-corrected chi connectivity index (χ0v) is 62.1. The first-order chi connectivity index (χ1) is 48.8. The first-order valence-corrected chi connectivity index (χ1v) is 35.0. The van der Waals surface area contributed by atoms with Crippen molar-refractivity contribution in [2.24, 2.45) is 79.5 Å². The van der Waals surface area contributed by atoms with E-state index in [9.17, 15) is 9.59 Å². The summed E-state index contributed by atoms with van der Waals surface area (Å²) in [5.74, 6) is 7.27. The van der Waals surface area contributed by atoms with Gasteiger partial charge in [-0.15, -0.1) is 12.6 Å². The van der Waals surface area contributed by atoms with Gasteiger partial charge in [-0.05, 0) is 216 Å². The summed E-state index contributed by atoms with van der Waals surface area (Å²) in [5, 5.41) is 43.4. The number of rotatable bonds is 15. The molecule has 0 bridgehead atoms. The van der Waals surface area contributed by atoms with E-state index in [-0.39, 0.29) is 28.8 Å². The number of ether oxygens (including phenoxy) is 2. The Balaban J connectivity index is 0.000000171. The van der Waals surface area contributed by atoms with E-state index < -0.39 is 11.2 Å². The Morgan fingerprint density at radius 2 is 0.843 bits per heavy atom. The number of nitrogens with two attached hydrogens (primary N) is 2. The third kappa shape index (κ3) is 24.4. The molecule has 34 nitrogen and oxygen atoms in total. The van der Waals surface area contributed by atoms with Crippen molar-refractivity contribution in [1.29, 1.82) is 5.53 Å². The number of nitrogens with zero attached hydrogens (tertiary/aromatic N) is 25. The van der Waals surface area contributed by atoms with Gasteiger partial charge in [0.25, 0.3) is 0 Å². The third-order valence-electron chi connectivity index (χ3n) is 15.4. The summed E-state index contributed by atoms with van der Waals surface area (Å²) in [7, 11) is 0. The van der Waals surface area contributed by atoms with Crippen LogP contribution in [0.4, 0.5) is 27.4 Å². The number of hydrogen-bond acceptors (Lipinski definition) is 19. The number of benzene rings is 3. The van der Waals surface area contributed by atoms with Crippen molar-refractivity contribution in [2.45, 2.75) is 153 Å². The van der Waals surface area contributed by atoms with E-state index in [0.717, 1.165) is 137 Å². The number of anilines is 3. The number of alkyl carbamates (subject to hydrolysis) is 2.